The first-order valence-corrected chi connectivity index (χ1v) is 8.17. The van der Waals surface area contributed by atoms with E-state index in [9.17, 15) is 0 Å². The van der Waals surface area contributed by atoms with Gasteiger partial charge in [-0.25, -0.2) is 0 Å². The van der Waals surface area contributed by atoms with Gasteiger partial charge < -0.3 is 9.47 Å². The number of hydrogen-bond donors (Lipinski definition) is 0. The van der Waals surface area contributed by atoms with Gasteiger partial charge in [-0.05, 0) is 33.2 Å². The Kier molecular flexibility index (Phi) is 4.33. The van der Waals surface area contributed by atoms with Crippen molar-refractivity contribution < 1.29 is 9.47 Å². The van der Waals surface area contributed by atoms with E-state index in [0.29, 0.717) is 0 Å². The molecular weight excluding hydrogens is 266 g/mol. The Morgan fingerprint density at radius 2 is 2.00 bits per heavy atom. The second-order valence-electron chi connectivity index (χ2n) is 6.29. The molecule has 2 fully saturated rings. The van der Waals surface area contributed by atoms with Crippen molar-refractivity contribution in [3.63, 3.8) is 0 Å². The summed E-state index contributed by atoms with van der Waals surface area (Å²) in [6.07, 6.45) is 3.29. The summed E-state index contributed by atoms with van der Waals surface area (Å²) in [5.74, 6) is -0.334. The van der Waals surface area contributed by atoms with E-state index in [-0.39, 0.29) is 5.79 Å². The fourth-order valence-corrected chi connectivity index (χ4v) is 3.55. The van der Waals surface area contributed by atoms with Crippen LogP contribution >= 0.6 is 0 Å². The average Bonchev–Trinajstić information content (AvgIpc) is 3.00. The van der Waals surface area contributed by atoms with Crippen LogP contribution in [0.3, 0.4) is 0 Å². The van der Waals surface area contributed by atoms with Crippen LogP contribution in [-0.4, -0.2) is 46.8 Å². The molecule has 0 amide bonds. The number of piperidine rings is 1. The van der Waals surface area contributed by atoms with Gasteiger partial charge in [-0.1, -0.05) is 6.92 Å². The summed E-state index contributed by atoms with van der Waals surface area (Å²) in [6.45, 7) is 11.9. The number of ether oxygens (including phenoxy) is 2. The van der Waals surface area contributed by atoms with Crippen LogP contribution in [0.1, 0.15) is 43.1 Å². The number of rotatable bonds is 4. The van der Waals surface area contributed by atoms with Gasteiger partial charge in [-0.3, -0.25) is 9.58 Å². The molecule has 0 aliphatic carbocycles. The summed E-state index contributed by atoms with van der Waals surface area (Å²) in [5, 5.41) is 4.68. The zero-order valence-electron chi connectivity index (χ0n) is 13.5. The summed E-state index contributed by atoms with van der Waals surface area (Å²) < 4.78 is 13.9. The van der Waals surface area contributed by atoms with Gasteiger partial charge in [0.1, 0.15) is 0 Å². The van der Waals surface area contributed by atoms with Crippen LogP contribution in [0, 0.1) is 13.8 Å². The number of aryl methyl sites for hydroxylation is 2. The topological polar surface area (TPSA) is 39.5 Å². The zero-order chi connectivity index (χ0) is 14.9. The Morgan fingerprint density at radius 1 is 1.24 bits per heavy atom. The number of likely N-dealkylation sites (tertiary alicyclic amines) is 1. The molecule has 2 aliphatic heterocycles. The summed E-state index contributed by atoms with van der Waals surface area (Å²) in [5.41, 5.74) is 3.84. The maximum absolute atomic E-state index is 5.87. The molecule has 0 bridgehead atoms. The molecule has 5 nitrogen and oxygen atoms in total. The summed E-state index contributed by atoms with van der Waals surface area (Å²) in [6, 6.07) is 0. The molecule has 2 saturated heterocycles. The van der Waals surface area contributed by atoms with Gasteiger partial charge in [-0.2, -0.15) is 5.10 Å². The molecule has 3 heterocycles. The summed E-state index contributed by atoms with van der Waals surface area (Å²) in [4.78, 5) is 2.46. The highest BCUT2D eigenvalue weighted by molar-refractivity contribution is 5.24. The van der Waals surface area contributed by atoms with Crippen molar-refractivity contribution in [1.29, 1.82) is 0 Å². The zero-order valence-corrected chi connectivity index (χ0v) is 13.5. The van der Waals surface area contributed by atoms with Gasteiger partial charge in [-0.15, -0.1) is 0 Å². The molecule has 0 N–H and O–H groups in total. The lowest BCUT2D eigenvalue weighted by molar-refractivity contribution is -0.190. The Labute approximate surface area is 127 Å². The maximum Gasteiger partial charge on any atom is 0.181 e. The van der Waals surface area contributed by atoms with Crippen LogP contribution in [0.5, 0.6) is 0 Å². The molecule has 0 saturated carbocycles. The lowest BCUT2D eigenvalue weighted by atomic mass is 10.0. The van der Waals surface area contributed by atoms with E-state index in [4.69, 9.17) is 9.47 Å². The van der Waals surface area contributed by atoms with Crippen LogP contribution in [0.4, 0.5) is 0 Å². The first-order chi connectivity index (χ1) is 10.1. The Bertz CT molecular complexity index is 492. The molecule has 2 aliphatic rings. The second-order valence-corrected chi connectivity index (χ2v) is 6.29. The molecule has 0 radical (unpaired) electrons. The van der Waals surface area contributed by atoms with Crippen molar-refractivity contribution in [1.82, 2.24) is 14.7 Å². The normalized spacial score (nSPS) is 22.2. The van der Waals surface area contributed by atoms with Crippen LogP contribution in [0.2, 0.25) is 0 Å². The molecule has 1 aromatic rings. The quantitative estimate of drug-likeness (QED) is 0.853. The monoisotopic (exact) mass is 293 g/mol. The van der Waals surface area contributed by atoms with E-state index >= 15 is 0 Å². The molecular formula is C16H27N3O2. The van der Waals surface area contributed by atoms with Gasteiger partial charge in [0.15, 0.2) is 5.79 Å². The fourth-order valence-electron chi connectivity index (χ4n) is 3.55. The number of aromatic nitrogens is 2. The molecule has 1 aromatic heterocycles. The Hall–Kier alpha value is -0.910. The highest BCUT2D eigenvalue weighted by Crippen LogP contribution is 2.31. The highest BCUT2D eigenvalue weighted by Gasteiger charge is 2.40. The predicted octanol–water partition coefficient (Wildman–Crippen LogP) is 2.25. The molecule has 0 atom stereocenters. The lowest BCUT2D eigenvalue weighted by Gasteiger charge is -2.38. The van der Waals surface area contributed by atoms with E-state index in [1.54, 1.807) is 0 Å². The van der Waals surface area contributed by atoms with Gasteiger partial charge in [0.05, 0.1) is 25.5 Å². The Balaban J connectivity index is 1.71. The molecule has 0 aromatic carbocycles. The van der Waals surface area contributed by atoms with Gasteiger partial charge in [0, 0.05) is 30.8 Å². The van der Waals surface area contributed by atoms with Gasteiger partial charge in [0.25, 0.3) is 0 Å². The third-order valence-electron chi connectivity index (χ3n) is 4.66. The minimum atomic E-state index is -0.334. The van der Waals surface area contributed by atoms with Crippen LogP contribution in [-0.2, 0) is 22.6 Å². The van der Waals surface area contributed by atoms with E-state index in [2.05, 4.69) is 35.5 Å². The molecule has 1 spiro atoms. The van der Waals surface area contributed by atoms with E-state index in [1.165, 1.54) is 11.3 Å². The van der Waals surface area contributed by atoms with E-state index in [1.807, 2.05) is 0 Å². The van der Waals surface area contributed by atoms with Crippen LogP contribution in [0.25, 0.3) is 0 Å². The van der Waals surface area contributed by atoms with E-state index < -0.39 is 0 Å². The third kappa shape index (κ3) is 3.00. The molecule has 3 rings (SSSR count). The molecule has 5 heteroatoms. The number of nitrogens with zero attached hydrogens (tertiary/aromatic N) is 3. The molecule has 21 heavy (non-hydrogen) atoms. The van der Waals surface area contributed by atoms with Crippen molar-refractivity contribution in [2.75, 3.05) is 26.3 Å². The van der Waals surface area contributed by atoms with Gasteiger partial charge >= 0.3 is 0 Å². The minimum absolute atomic E-state index is 0.334. The largest absolute Gasteiger partial charge is 0.346 e. The first-order valence-electron chi connectivity index (χ1n) is 8.17. The smallest absolute Gasteiger partial charge is 0.181 e. The average molecular weight is 293 g/mol. The third-order valence-corrected chi connectivity index (χ3v) is 4.66. The van der Waals surface area contributed by atoms with Crippen molar-refractivity contribution in [2.45, 2.75) is 58.9 Å². The van der Waals surface area contributed by atoms with Crippen molar-refractivity contribution in [3.8, 4) is 0 Å². The summed E-state index contributed by atoms with van der Waals surface area (Å²) in [7, 11) is 0. The fraction of sp³-hybridized carbons (Fsp3) is 0.812. The number of hydrogen-bond acceptors (Lipinski definition) is 4. The summed E-state index contributed by atoms with van der Waals surface area (Å²) >= 11 is 0. The van der Waals surface area contributed by atoms with Crippen LogP contribution < -0.4 is 0 Å². The van der Waals surface area contributed by atoms with Crippen molar-refractivity contribution in [3.05, 3.63) is 17.0 Å². The van der Waals surface area contributed by atoms with Crippen LogP contribution in [0.15, 0.2) is 0 Å². The molecule has 0 unspecified atom stereocenters. The van der Waals surface area contributed by atoms with Gasteiger partial charge in [0.2, 0.25) is 0 Å². The maximum atomic E-state index is 5.87. The SMILES string of the molecule is CCCn1nc(C)c(CN2CCCC3(C2)OCCO3)c1C. The van der Waals surface area contributed by atoms with Crippen molar-refractivity contribution >= 4 is 0 Å². The highest BCUT2D eigenvalue weighted by atomic mass is 16.7. The minimum Gasteiger partial charge on any atom is -0.346 e. The van der Waals surface area contributed by atoms with E-state index in [0.717, 1.165) is 64.3 Å². The molecule has 118 valence electrons. The lowest BCUT2D eigenvalue weighted by Crippen LogP contribution is -2.48. The Morgan fingerprint density at radius 3 is 2.71 bits per heavy atom. The second kappa shape index (κ2) is 6.07. The first kappa shape index (κ1) is 15.0. The standard InChI is InChI=1S/C16H27N3O2/c1-4-7-19-14(3)15(13(2)17-19)11-18-8-5-6-16(12-18)20-9-10-21-16/h4-12H2,1-3H3. The van der Waals surface area contributed by atoms with Crippen molar-refractivity contribution in [2.24, 2.45) is 0 Å². The predicted molar refractivity (Wildman–Crippen MR) is 81.1 cm³/mol.